The minimum Gasteiger partial charge on any atom is -0.480 e. The van der Waals surface area contributed by atoms with Gasteiger partial charge in [-0.05, 0) is 74.8 Å². The molecule has 0 radical (unpaired) electrons. The first-order valence-electron chi connectivity index (χ1n) is 13.1. The molecule has 0 saturated carbocycles. The van der Waals surface area contributed by atoms with Crippen molar-refractivity contribution < 1.29 is 23.5 Å². The van der Waals surface area contributed by atoms with Crippen molar-refractivity contribution in [2.24, 2.45) is 5.92 Å². The molecule has 1 aromatic carbocycles. The van der Waals surface area contributed by atoms with Gasteiger partial charge in [0.2, 0.25) is 0 Å². The molecule has 11 heteroatoms. The molecule has 0 spiro atoms. The molecule has 2 atom stereocenters. The number of rotatable bonds is 10. The van der Waals surface area contributed by atoms with Gasteiger partial charge < -0.3 is 20.6 Å². The molecule has 2 aliphatic heterocycles. The zero-order chi connectivity index (χ0) is 26.6. The maximum Gasteiger partial charge on any atom is 0.333 e. The van der Waals surface area contributed by atoms with Gasteiger partial charge in [0.25, 0.3) is 5.91 Å². The number of alkyl halides is 2. The Morgan fingerprint density at radius 1 is 1.24 bits per heavy atom. The summed E-state index contributed by atoms with van der Waals surface area (Å²) in [7, 11) is 0. The van der Waals surface area contributed by atoms with Crippen LogP contribution in [0.25, 0.3) is 10.9 Å². The molecule has 1 unspecified atom stereocenters. The standard InChI is InChI=1S/C27H32F2N6O3/c28-27(29)35-23-14-19(4-5-20(23)15-31-35)25(36)33-22(26(37)38)10-13-34-12-9-17(16-34)3-7-21-8-6-18-2-1-11-30-24(18)32-21/h4-6,8,14-15,17,22,27H,1-3,7,9-13,16H2,(H,30,32)(H,33,36)(H,37,38)/t17-,22?/m1/s1. The Balaban J connectivity index is 1.11. The van der Waals surface area contributed by atoms with E-state index in [4.69, 9.17) is 4.98 Å². The summed E-state index contributed by atoms with van der Waals surface area (Å²) in [5, 5.41) is 19.7. The lowest BCUT2D eigenvalue weighted by molar-refractivity contribution is -0.139. The van der Waals surface area contributed by atoms with E-state index in [9.17, 15) is 23.5 Å². The number of nitrogens with zero attached hydrogens (tertiary/aromatic N) is 4. The van der Waals surface area contributed by atoms with E-state index in [0.717, 1.165) is 63.3 Å². The van der Waals surface area contributed by atoms with Gasteiger partial charge in [0.05, 0.1) is 11.7 Å². The molecule has 2 aliphatic rings. The molecule has 3 N–H and O–H groups in total. The van der Waals surface area contributed by atoms with E-state index in [0.29, 0.717) is 22.5 Å². The summed E-state index contributed by atoms with van der Waals surface area (Å²) in [5.41, 5.74) is 2.61. The molecule has 9 nitrogen and oxygen atoms in total. The van der Waals surface area contributed by atoms with Gasteiger partial charge in [-0.2, -0.15) is 13.9 Å². The number of pyridine rings is 1. The molecule has 1 saturated heterocycles. The number of halogens is 2. The average molecular weight is 527 g/mol. The number of aryl methyl sites for hydroxylation is 2. The highest BCUT2D eigenvalue weighted by atomic mass is 19.3. The number of carbonyl (C=O) groups is 2. The van der Waals surface area contributed by atoms with Crippen LogP contribution in [0.2, 0.25) is 0 Å². The molecule has 5 rings (SSSR count). The van der Waals surface area contributed by atoms with Gasteiger partial charge in [0.1, 0.15) is 11.9 Å². The largest absolute Gasteiger partial charge is 0.480 e. The predicted molar refractivity (Wildman–Crippen MR) is 138 cm³/mol. The van der Waals surface area contributed by atoms with Crippen LogP contribution in [0.3, 0.4) is 0 Å². The predicted octanol–water partition coefficient (Wildman–Crippen LogP) is 3.71. The van der Waals surface area contributed by atoms with E-state index in [1.165, 1.54) is 30.0 Å². The van der Waals surface area contributed by atoms with Gasteiger partial charge in [-0.3, -0.25) is 4.79 Å². The second kappa shape index (κ2) is 11.4. The first-order chi connectivity index (χ1) is 18.4. The van der Waals surface area contributed by atoms with Crippen molar-refractivity contribution in [1.82, 2.24) is 25.0 Å². The molecule has 0 aliphatic carbocycles. The highest BCUT2D eigenvalue weighted by Crippen LogP contribution is 2.25. The van der Waals surface area contributed by atoms with Crippen LogP contribution < -0.4 is 10.6 Å². The van der Waals surface area contributed by atoms with E-state index in [1.807, 2.05) is 0 Å². The molecule has 1 fully saturated rings. The number of hydrogen-bond acceptors (Lipinski definition) is 6. The van der Waals surface area contributed by atoms with Gasteiger partial charge in [0, 0.05) is 36.3 Å². The Bertz CT molecular complexity index is 1310. The Kier molecular flexibility index (Phi) is 7.82. The zero-order valence-corrected chi connectivity index (χ0v) is 21.1. The highest BCUT2D eigenvalue weighted by molar-refractivity contribution is 5.99. The van der Waals surface area contributed by atoms with Crippen LogP contribution in [0.1, 0.15) is 53.8 Å². The number of aliphatic carboxylic acids is 1. The molecular formula is C27H32F2N6O3. The minimum atomic E-state index is -2.84. The summed E-state index contributed by atoms with van der Waals surface area (Å²) in [6, 6.07) is 7.53. The maximum atomic E-state index is 13.2. The number of fused-ring (bicyclic) bond motifs is 2. The Hall–Kier alpha value is -3.60. The number of hydrogen-bond donors (Lipinski definition) is 3. The van der Waals surface area contributed by atoms with Crippen molar-refractivity contribution in [2.45, 2.75) is 51.1 Å². The van der Waals surface area contributed by atoms with Crippen LogP contribution in [0.5, 0.6) is 0 Å². The van der Waals surface area contributed by atoms with Crippen LogP contribution in [-0.4, -0.2) is 68.9 Å². The lowest BCUT2D eigenvalue weighted by Crippen LogP contribution is -2.43. The van der Waals surface area contributed by atoms with Crippen LogP contribution >= 0.6 is 0 Å². The first-order valence-corrected chi connectivity index (χ1v) is 13.1. The number of carboxylic acid groups (broad SMARTS) is 1. The topological polar surface area (TPSA) is 112 Å². The quantitative estimate of drug-likeness (QED) is 0.369. The Morgan fingerprint density at radius 3 is 2.92 bits per heavy atom. The third kappa shape index (κ3) is 5.93. The van der Waals surface area contributed by atoms with E-state index in [-0.39, 0.29) is 17.5 Å². The second-order valence-corrected chi connectivity index (χ2v) is 10.1. The van der Waals surface area contributed by atoms with E-state index < -0.39 is 24.5 Å². The third-order valence-electron chi connectivity index (χ3n) is 7.51. The highest BCUT2D eigenvalue weighted by Gasteiger charge is 2.26. The molecule has 38 heavy (non-hydrogen) atoms. The lowest BCUT2D eigenvalue weighted by Gasteiger charge is -2.20. The fourth-order valence-corrected chi connectivity index (χ4v) is 5.36. The number of aromatic nitrogens is 3. The number of amides is 1. The molecule has 0 bridgehead atoms. The van der Waals surface area contributed by atoms with Crippen molar-refractivity contribution in [1.29, 1.82) is 0 Å². The second-order valence-electron chi connectivity index (χ2n) is 10.1. The monoisotopic (exact) mass is 526 g/mol. The number of carbonyl (C=O) groups excluding carboxylic acids is 1. The van der Waals surface area contributed by atoms with Gasteiger partial charge in [-0.25, -0.2) is 14.5 Å². The summed E-state index contributed by atoms with van der Waals surface area (Å²) in [4.78, 5) is 31.6. The Morgan fingerprint density at radius 2 is 2.11 bits per heavy atom. The maximum absolute atomic E-state index is 13.2. The van der Waals surface area contributed by atoms with Crippen molar-refractivity contribution in [3.63, 3.8) is 0 Å². The number of anilines is 1. The summed E-state index contributed by atoms with van der Waals surface area (Å²) in [6.45, 7) is 0.453. The normalized spacial score (nSPS) is 18.3. The molecule has 202 valence electrons. The van der Waals surface area contributed by atoms with Crippen LogP contribution in [0.4, 0.5) is 14.6 Å². The van der Waals surface area contributed by atoms with E-state index in [2.05, 4.69) is 32.8 Å². The number of benzene rings is 1. The van der Waals surface area contributed by atoms with E-state index in [1.54, 1.807) is 0 Å². The number of nitrogens with one attached hydrogen (secondary N) is 2. The van der Waals surface area contributed by atoms with Crippen LogP contribution in [-0.2, 0) is 17.6 Å². The van der Waals surface area contributed by atoms with Gasteiger partial charge in [-0.1, -0.05) is 12.1 Å². The smallest absolute Gasteiger partial charge is 0.333 e. The molecule has 4 heterocycles. The molecule has 1 amide bonds. The zero-order valence-electron chi connectivity index (χ0n) is 21.1. The van der Waals surface area contributed by atoms with Gasteiger partial charge >= 0.3 is 12.5 Å². The lowest BCUT2D eigenvalue weighted by atomic mass is 10.00. The molecule has 3 aromatic rings. The molecule has 2 aromatic heterocycles. The van der Waals surface area contributed by atoms with Crippen molar-refractivity contribution in [3.8, 4) is 0 Å². The third-order valence-corrected chi connectivity index (χ3v) is 7.51. The van der Waals surface area contributed by atoms with Crippen LogP contribution in [0.15, 0.2) is 36.5 Å². The Labute approximate surface area is 219 Å². The summed E-state index contributed by atoms with van der Waals surface area (Å²) < 4.78 is 26.9. The van der Waals surface area contributed by atoms with Crippen LogP contribution in [0, 0.1) is 5.92 Å². The fraction of sp³-hybridized carbons (Fsp3) is 0.481. The number of likely N-dealkylation sites (tertiary alicyclic amines) is 1. The average Bonchev–Trinajstić information content (AvgIpc) is 3.56. The first kappa shape index (κ1) is 26.0. The van der Waals surface area contributed by atoms with Crippen molar-refractivity contribution in [2.75, 3.05) is 31.5 Å². The van der Waals surface area contributed by atoms with Crippen molar-refractivity contribution >= 4 is 28.6 Å². The number of carboxylic acids is 1. The van der Waals surface area contributed by atoms with Crippen molar-refractivity contribution in [3.05, 3.63) is 53.3 Å². The SMILES string of the molecule is O=C(NC(CCN1CC[C@@H](CCc2ccc3c(n2)NCCC3)C1)C(=O)O)c1ccc2cnn(C(F)F)c2c1. The summed E-state index contributed by atoms with van der Waals surface area (Å²) in [6.07, 6.45) is 6.75. The summed E-state index contributed by atoms with van der Waals surface area (Å²) >= 11 is 0. The summed E-state index contributed by atoms with van der Waals surface area (Å²) in [5.74, 6) is -0.208. The van der Waals surface area contributed by atoms with E-state index >= 15 is 0 Å². The fourth-order valence-electron chi connectivity index (χ4n) is 5.36. The van der Waals surface area contributed by atoms with Gasteiger partial charge in [0.15, 0.2) is 0 Å². The van der Waals surface area contributed by atoms with Gasteiger partial charge in [-0.15, -0.1) is 0 Å². The minimum absolute atomic E-state index is 0.110. The molecular weight excluding hydrogens is 494 g/mol.